The van der Waals surface area contributed by atoms with E-state index in [1.165, 1.54) is 15.3 Å². The van der Waals surface area contributed by atoms with Crippen LogP contribution in [0.15, 0.2) is 48.7 Å². The van der Waals surface area contributed by atoms with Gasteiger partial charge in [0.2, 0.25) is 10.0 Å². The van der Waals surface area contributed by atoms with Crippen LogP contribution in [0.25, 0.3) is 10.9 Å². The topological polar surface area (TPSA) is 71.4 Å². The average molecular weight is 446 g/mol. The third-order valence-electron chi connectivity index (χ3n) is 5.50. The molecule has 0 atom stereocenters. The maximum atomic E-state index is 12.7. The van der Waals surface area contributed by atoms with Gasteiger partial charge in [-0.3, -0.25) is 9.10 Å². The first-order valence-electron chi connectivity index (χ1n) is 9.99. The van der Waals surface area contributed by atoms with Crippen LogP contribution in [0.4, 0.5) is 5.69 Å². The molecule has 1 N–H and O–H groups in total. The quantitative estimate of drug-likeness (QED) is 0.646. The summed E-state index contributed by atoms with van der Waals surface area (Å²) in [6.45, 7) is 3.55. The molecule has 158 valence electrons. The number of carbonyl (C=O) groups excluding carboxylic acids is 1. The van der Waals surface area contributed by atoms with Gasteiger partial charge in [0.05, 0.1) is 16.5 Å². The van der Waals surface area contributed by atoms with Crippen LogP contribution in [-0.4, -0.2) is 37.7 Å². The van der Waals surface area contributed by atoms with Gasteiger partial charge in [-0.1, -0.05) is 23.7 Å². The number of aromatic nitrogens is 1. The van der Waals surface area contributed by atoms with Crippen LogP contribution in [0.2, 0.25) is 5.02 Å². The summed E-state index contributed by atoms with van der Waals surface area (Å²) in [6.07, 6.45) is 3.44. The average Bonchev–Trinajstić information content (AvgIpc) is 3.13. The molecule has 0 aliphatic carbocycles. The van der Waals surface area contributed by atoms with Crippen LogP contribution >= 0.6 is 11.6 Å². The van der Waals surface area contributed by atoms with Crippen molar-refractivity contribution in [1.82, 2.24) is 9.88 Å². The second-order valence-corrected chi connectivity index (χ2v) is 9.95. The molecule has 30 heavy (non-hydrogen) atoms. The van der Waals surface area contributed by atoms with E-state index in [0.29, 0.717) is 42.3 Å². The molecule has 8 heteroatoms. The maximum absolute atomic E-state index is 12.7. The van der Waals surface area contributed by atoms with Gasteiger partial charge >= 0.3 is 0 Å². The molecule has 0 spiro atoms. The van der Waals surface area contributed by atoms with Gasteiger partial charge in [0.1, 0.15) is 0 Å². The summed E-state index contributed by atoms with van der Waals surface area (Å²) in [6, 6.07) is 13.0. The molecule has 2 heterocycles. The van der Waals surface area contributed by atoms with Gasteiger partial charge in [0.25, 0.3) is 5.91 Å². The largest absolute Gasteiger partial charge is 0.350 e. The van der Waals surface area contributed by atoms with Crippen LogP contribution in [-0.2, 0) is 16.6 Å². The number of hydrogen-bond donors (Lipinski definition) is 1. The van der Waals surface area contributed by atoms with Gasteiger partial charge in [0.15, 0.2) is 0 Å². The van der Waals surface area contributed by atoms with Crippen molar-refractivity contribution in [3.8, 4) is 0 Å². The van der Waals surface area contributed by atoms with Crippen molar-refractivity contribution < 1.29 is 13.2 Å². The highest BCUT2D eigenvalue weighted by Crippen LogP contribution is 2.31. The lowest BCUT2D eigenvalue weighted by atomic mass is 10.1. The van der Waals surface area contributed by atoms with Crippen molar-refractivity contribution in [1.29, 1.82) is 0 Å². The Balaban J connectivity index is 1.46. The molecule has 1 aromatic heterocycles. The summed E-state index contributed by atoms with van der Waals surface area (Å²) in [4.78, 5) is 12.7. The molecule has 0 saturated carbocycles. The van der Waals surface area contributed by atoms with Gasteiger partial charge in [-0.2, -0.15) is 0 Å². The summed E-state index contributed by atoms with van der Waals surface area (Å²) >= 11 is 6.26. The Morgan fingerprint density at radius 1 is 1.17 bits per heavy atom. The molecular weight excluding hydrogens is 422 g/mol. The molecule has 1 aliphatic rings. The molecule has 1 amide bonds. The van der Waals surface area contributed by atoms with Crippen LogP contribution in [0.3, 0.4) is 0 Å². The molecule has 2 aromatic carbocycles. The van der Waals surface area contributed by atoms with E-state index in [-0.39, 0.29) is 11.7 Å². The number of aryl methyl sites for hydroxylation is 1. The predicted molar refractivity (Wildman–Crippen MR) is 121 cm³/mol. The van der Waals surface area contributed by atoms with E-state index < -0.39 is 10.0 Å². The number of hydrogen-bond acceptors (Lipinski definition) is 3. The number of rotatable bonds is 5. The number of carbonyl (C=O) groups is 1. The van der Waals surface area contributed by atoms with E-state index >= 15 is 0 Å². The monoisotopic (exact) mass is 445 g/mol. The summed E-state index contributed by atoms with van der Waals surface area (Å²) in [5.74, 6) is -0.153. The zero-order chi connectivity index (χ0) is 21.3. The minimum atomic E-state index is -3.40. The first kappa shape index (κ1) is 20.8. The number of nitrogens with zero attached hydrogens (tertiary/aromatic N) is 2. The van der Waals surface area contributed by atoms with Crippen molar-refractivity contribution in [2.24, 2.45) is 0 Å². The van der Waals surface area contributed by atoms with Gasteiger partial charge in [-0.25, -0.2) is 8.42 Å². The summed E-state index contributed by atoms with van der Waals surface area (Å²) in [7, 11) is -3.40. The minimum Gasteiger partial charge on any atom is -0.350 e. The lowest BCUT2D eigenvalue weighted by Gasteiger charge is -2.29. The van der Waals surface area contributed by atoms with Crippen molar-refractivity contribution in [2.45, 2.75) is 26.3 Å². The SMILES string of the molecule is Cc1cccc2c1ccn2CCNC(=O)c1ccc(Cl)c(N2CCCCS2(=O)=O)c1. The molecule has 1 aliphatic heterocycles. The summed E-state index contributed by atoms with van der Waals surface area (Å²) in [5, 5.41) is 4.44. The number of amides is 1. The van der Waals surface area contributed by atoms with E-state index in [2.05, 4.69) is 35.0 Å². The standard InChI is InChI=1S/C22H24ClN3O3S/c1-16-5-4-6-20-18(16)9-12-25(20)13-10-24-22(27)17-7-8-19(23)21(15-17)26-11-2-3-14-30(26,28)29/h4-9,12,15H,2-3,10-11,13-14H2,1H3,(H,24,27). The number of benzene rings is 2. The van der Waals surface area contributed by atoms with Gasteiger partial charge in [-0.15, -0.1) is 0 Å². The third-order valence-corrected chi connectivity index (χ3v) is 7.67. The van der Waals surface area contributed by atoms with Crippen LogP contribution in [0, 0.1) is 6.92 Å². The Kier molecular flexibility index (Phi) is 5.75. The molecule has 0 unspecified atom stereocenters. The zero-order valence-corrected chi connectivity index (χ0v) is 18.3. The van der Waals surface area contributed by atoms with E-state index in [9.17, 15) is 13.2 Å². The van der Waals surface area contributed by atoms with E-state index in [1.807, 2.05) is 12.3 Å². The highest BCUT2D eigenvalue weighted by molar-refractivity contribution is 7.92. The number of halogens is 1. The molecule has 6 nitrogen and oxygen atoms in total. The van der Waals surface area contributed by atoms with E-state index in [4.69, 9.17) is 11.6 Å². The number of anilines is 1. The summed E-state index contributed by atoms with van der Waals surface area (Å²) < 4.78 is 28.3. The first-order valence-corrected chi connectivity index (χ1v) is 12.0. The Morgan fingerprint density at radius 3 is 2.80 bits per heavy atom. The molecule has 4 rings (SSSR count). The molecule has 3 aromatic rings. The lowest BCUT2D eigenvalue weighted by molar-refractivity contribution is 0.0952. The molecule has 1 fully saturated rings. The second kappa shape index (κ2) is 8.32. The van der Waals surface area contributed by atoms with Crippen LogP contribution in [0.5, 0.6) is 0 Å². The Labute approximate surface area is 181 Å². The molecule has 0 radical (unpaired) electrons. The summed E-state index contributed by atoms with van der Waals surface area (Å²) in [5.41, 5.74) is 3.12. The highest BCUT2D eigenvalue weighted by atomic mass is 35.5. The molecule has 1 saturated heterocycles. The fourth-order valence-corrected chi connectivity index (χ4v) is 5.79. The maximum Gasteiger partial charge on any atom is 0.251 e. The highest BCUT2D eigenvalue weighted by Gasteiger charge is 2.28. The van der Waals surface area contributed by atoms with Crippen LogP contribution < -0.4 is 9.62 Å². The van der Waals surface area contributed by atoms with E-state index in [1.54, 1.807) is 18.2 Å². The first-order chi connectivity index (χ1) is 14.4. The predicted octanol–water partition coefficient (Wildman–Crippen LogP) is 3.96. The van der Waals surface area contributed by atoms with Crippen LogP contribution in [0.1, 0.15) is 28.8 Å². The fraction of sp³-hybridized carbons (Fsp3) is 0.318. The minimum absolute atomic E-state index is 0.101. The molecule has 0 bridgehead atoms. The molecular formula is C22H24ClN3O3S. The number of sulfonamides is 1. The normalized spacial score (nSPS) is 16.0. The van der Waals surface area contributed by atoms with Crippen molar-refractivity contribution >= 4 is 44.1 Å². The van der Waals surface area contributed by atoms with Gasteiger partial charge in [-0.05, 0) is 55.7 Å². The fourth-order valence-electron chi connectivity index (χ4n) is 3.87. The number of fused-ring (bicyclic) bond motifs is 1. The second-order valence-electron chi connectivity index (χ2n) is 7.53. The smallest absolute Gasteiger partial charge is 0.251 e. The van der Waals surface area contributed by atoms with Crippen molar-refractivity contribution in [3.05, 3.63) is 64.8 Å². The zero-order valence-electron chi connectivity index (χ0n) is 16.8. The Hall–Kier alpha value is -2.51. The van der Waals surface area contributed by atoms with Crippen molar-refractivity contribution in [2.75, 3.05) is 23.1 Å². The Morgan fingerprint density at radius 2 is 2.00 bits per heavy atom. The Bertz CT molecular complexity index is 1200. The van der Waals surface area contributed by atoms with Gasteiger partial charge in [0, 0.05) is 42.3 Å². The third kappa shape index (κ3) is 4.04. The van der Waals surface area contributed by atoms with Gasteiger partial charge < -0.3 is 9.88 Å². The lowest BCUT2D eigenvalue weighted by Crippen LogP contribution is -2.38. The van der Waals surface area contributed by atoms with Crippen molar-refractivity contribution in [3.63, 3.8) is 0 Å². The number of nitrogens with one attached hydrogen (secondary N) is 1. The van der Waals surface area contributed by atoms with E-state index in [0.717, 1.165) is 11.9 Å².